The minimum atomic E-state index is -0.468. The molecule has 5 nitrogen and oxygen atoms in total. The minimum absolute atomic E-state index is 0.468. The standard InChI is InChI=1S/C5H14N4OS2/c6-5(10)8-1-3-11-12-4-2-9-7/h9H,1-4,7H2,(H3,6,8,10). The molecule has 0 saturated carbocycles. The Bertz CT molecular complexity index is 124. The van der Waals surface area contributed by atoms with Gasteiger partial charge in [-0.25, -0.2) is 4.79 Å². The third-order valence-corrected chi connectivity index (χ3v) is 3.31. The Morgan fingerprint density at radius 3 is 2.33 bits per heavy atom. The van der Waals surface area contributed by atoms with Crippen LogP contribution in [0.25, 0.3) is 0 Å². The second kappa shape index (κ2) is 8.98. The van der Waals surface area contributed by atoms with Gasteiger partial charge in [0.05, 0.1) is 0 Å². The number of rotatable bonds is 7. The molecule has 0 rings (SSSR count). The lowest BCUT2D eigenvalue weighted by Gasteiger charge is -2.01. The highest BCUT2D eigenvalue weighted by molar-refractivity contribution is 8.76. The van der Waals surface area contributed by atoms with E-state index in [-0.39, 0.29) is 0 Å². The van der Waals surface area contributed by atoms with Gasteiger partial charge in [-0.05, 0) is 0 Å². The van der Waals surface area contributed by atoms with Gasteiger partial charge in [-0.15, -0.1) is 0 Å². The lowest BCUT2D eigenvalue weighted by molar-refractivity contribution is 0.249. The van der Waals surface area contributed by atoms with Gasteiger partial charge in [0.2, 0.25) is 0 Å². The predicted molar refractivity (Wildman–Crippen MR) is 54.7 cm³/mol. The zero-order chi connectivity index (χ0) is 9.23. The van der Waals surface area contributed by atoms with Gasteiger partial charge in [0.15, 0.2) is 0 Å². The third kappa shape index (κ3) is 9.89. The van der Waals surface area contributed by atoms with Crippen molar-refractivity contribution in [2.45, 2.75) is 0 Å². The van der Waals surface area contributed by atoms with E-state index in [1.807, 2.05) is 0 Å². The number of amides is 2. The fourth-order valence-corrected chi connectivity index (χ4v) is 2.26. The summed E-state index contributed by atoms with van der Waals surface area (Å²) in [4.78, 5) is 10.2. The zero-order valence-corrected chi connectivity index (χ0v) is 8.34. The van der Waals surface area contributed by atoms with Crippen molar-refractivity contribution in [3.63, 3.8) is 0 Å². The van der Waals surface area contributed by atoms with Crippen LogP contribution in [-0.4, -0.2) is 30.6 Å². The van der Waals surface area contributed by atoms with Crippen LogP contribution < -0.4 is 22.3 Å². The van der Waals surface area contributed by atoms with Crippen molar-refractivity contribution in [3.8, 4) is 0 Å². The van der Waals surface area contributed by atoms with E-state index in [1.165, 1.54) is 0 Å². The molecule has 0 saturated heterocycles. The summed E-state index contributed by atoms with van der Waals surface area (Å²) in [6.45, 7) is 1.41. The number of carbonyl (C=O) groups excluding carboxylic acids is 1. The molecule has 0 heterocycles. The van der Waals surface area contributed by atoms with E-state index in [1.54, 1.807) is 21.6 Å². The van der Waals surface area contributed by atoms with E-state index in [0.29, 0.717) is 6.54 Å². The van der Waals surface area contributed by atoms with E-state index in [9.17, 15) is 4.79 Å². The second-order valence-corrected chi connectivity index (χ2v) is 4.59. The first-order valence-electron chi connectivity index (χ1n) is 3.48. The number of nitrogens with one attached hydrogen (secondary N) is 2. The molecule has 72 valence electrons. The van der Waals surface area contributed by atoms with E-state index < -0.39 is 6.03 Å². The Kier molecular flexibility index (Phi) is 8.90. The number of primary amides is 1. The molecule has 0 spiro atoms. The van der Waals surface area contributed by atoms with Gasteiger partial charge in [-0.3, -0.25) is 11.3 Å². The Hall–Kier alpha value is -0.110. The molecule has 6 N–H and O–H groups in total. The van der Waals surface area contributed by atoms with Gasteiger partial charge < -0.3 is 11.1 Å². The maximum atomic E-state index is 10.2. The highest BCUT2D eigenvalue weighted by atomic mass is 33.1. The average Bonchev–Trinajstić information content (AvgIpc) is 2.02. The van der Waals surface area contributed by atoms with Crippen molar-refractivity contribution < 1.29 is 4.79 Å². The molecule has 0 aliphatic rings. The molecule has 12 heavy (non-hydrogen) atoms. The fraction of sp³-hybridized carbons (Fsp3) is 0.800. The molecule has 0 aliphatic heterocycles. The van der Waals surface area contributed by atoms with Crippen LogP contribution in [0.4, 0.5) is 4.79 Å². The summed E-state index contributed by atoms with van der Waals surface area (Å²) >= 11 is 0. The van der Waals surface area contributed by atoms with Gasteiger partial charge in [0, 0.05) is 24.6 Å². The van der Waals surface area contributed by atoms with Crippen LogP contribution in [0.3, 0.4) is 0 Å². The maximum absolute atomic E-state index is 10.2. The van der Waals surface area contributed by atoms with Gasteiger partial charge in [-0.1, -0.05) is 21.6 Å². The third-order valence-electron chi connectivity index (χ3n) is 0.898. The van der Waals surface area contributed by atoms with Gasteiger partial charge in [-0.2, -0.15) is 0 Å². The number of hydrogen-bond donors (Lipinski definition) is 4. The topological polar surface area (TPSA) is 93.2 Å². The fourth-order valence-electron chi connectivity index (χ4n) is 0.434. The Morgan fingerprint density at radius 2 is 1.83 bits per heavy atom. The zero-order valence-electron chi connectivity index (χ0n) is 6.71. The first-order valence-corrected chi connectivity index (χ1v) is 5.97. The largest absolute Gasteiger partial charge is 0.352 e. The molecule has 0 aromatic rings. The Morgan fingerprint density at radius 1 is 1.25 bits per heavy atom. The second-order valence-electron chi connectivity index (χ2n) is 1.89. The predicted octanol–water partition coefficient (Wildman–Crippen LogP) is -0.501. The summed E-state index contributed by atoms with van der Waals surface area (Å²) in [5.41, 5.74) is 7.42. The molecule has 2 amide bonds. The SMILES string of the molecule is NNCCSSCCNC(N)=O. The van der Waals surface area contributed by atoms with Gasteiger partial charge >= 0.3 is 6.03 Å². The van der Waals surface area contributed by atoms with Crippen molar-refractivity contribution in [2.24, 2.45) is 11.6 Å². The van der Waals surface area contributed by atoms with E-state index in [0.717, 1.165) is 18.1 Å². The first-order chi connectivity index (χ1) is 5.77. The number of urea groups is 1. The maximum Gasteiger partial charge on any atom is 0.312 e. The normalized spacial score (nSPS) is 9.75. The summed E-state index contributed by atoms with van der Waals surface area (Å²) in [5, 5.41) is 2.50. The van der Waals surface area contributed by atoms with Crippen molar-refractivity contribution >= 4 is 27.6 Å². The number of hydrogen-bond acceptors (Lipinski definition) is 5. The van der Waals surface area contributed by atoms with Crippen LogP contribution in [0.2, 0.25) is 0 Å². The number of carbonyl (C=O) groups is 1. The van der Waals surface area contributed by atoms with E-state index in [4.69, 9.17) is 11.6 Å². The lowest BCUT2D eigenvalue weighted by atomic mass is 10.7. The Balaban J connectivity index is 2.86. The summed E-state index contributed by atoms with van der Waals surface area (Å²) in [5.74, 6) is 6.88. The molecular weight excluding hydrogens is 196 g/mol. The van der Waals surface area contributed by atoms with Crippen LogP contribution in [0, 0.1) is 0 Å². The van der Waals surface area contributed by atoms with Gasteiger partial charge in [0.25, 0.3) is 0 Å². The van der Waals surface area contributed by atoms with E-state index >= 15 is 0 Å². The molecule has 0 radical (unpaired) electrons. The van der Waals surface area contributed by atoms with Crippen LogP contribution in [0.15, 0.2) is 0 Å². The van der Waals surface area contributed by atoms with Gasteiger partial charge in [0.1, 0.15) is 0 Å². The molecule has 0 aliphatic carbocycles. The highest BCUT2D eigenvalue weighted by Gasteiger charge is 1.92. The first kappa shape index (κ1) is 11.9. The molecule has 0 aromatic heterocycles. The van der Waals surface area contributed by atoms with E-state index in [2.05, 4.69) is 10.7 Å². The van der Waals surface area contributed by atoms with Crippen molar-refractivity contribution in [1.82, 2.24) is 10.7 Å². The van der Waals surface area contributed by atoms with Crippen molar-refractivity contribution in [3.05, 3.63) is 0 Å². The molecular formula is C5H14N4OS2. The number of nitrogens with two attached hydrogens (primary N) is 2. The average molecular weight is 210 g/mol. The van der Waals surface area contributed by atoms with Crippen LogP contribution in [0.1, 0.15) is 0 Å². The lowest BCUT2D eigenvalue weighted by Crippen LogP contribution is -2.30. The molecule has 0 atom stereocenters. The summed E-state index contributed by atoms with van der Waals surface area (Å²) in [6, 6.07) is -0.468. The summed E-state index contributed by atoms with van der Waals surface area (Å²) in [7, 11) is 3.40. The Labute approximate surface area is 79.8 Å². The van der Waals surface area contributed by atoms with Crippen LogP contribution in [-0.2, 0) is 0 Å². The smallest absolute Gasteiger partial charge is 0.312 e. The van der Waals surface area contributed by atoms with Crippen LogP contribution >= 0.6 is 21.6 Å². The summed E-state index contributed by atoms with van der Waals surface area (Å²) < 4.78 is 0. The minimum Gasteiger partial charge on any atom is -0.352 e. The molecule has 0 bridgehead atoms. The molecule has 0 fully saturated rings. The number of hydrazine groups is 1. The quantitative estimate of drug-likeness (QED) is 0.197. The molecule has 7 heteroatoms. The van der Waals surface area contributed by atoms with Crippen molar-refractivity contribution in [1.29, 1.82) is 0 Å². The molecule has 0 unspecified atom stereocenters. The van der Waals surface area contributed by atoms with Crippen LogP contribution in [0.5, 0.6) is 0 Å². The highest BCUT2D eigenvalue weighted by Crippen LogP contribution is 2.18. The van der Waals surface area contributed by atoms with Crippen molar-refractivity contribution in [2.75, 3.05) is 24.6 Å². The molecule has 0 aromatic carbocycles. The monoisotopic (exact) mass is 210 g/mol. The summed E-state index contributed by atoms with van der Waals surface area (Å²) in [6.07, 6.45) is 0.